The second kappa shape index (κ2) is 11.7. The summed E-state index contributed by atoms with van der Waals surface area (Å²) in [5.41, 5.74) is 17.6. The van der Waals surface area contributed by atoms with Crippen LogP contribution < -0.4 is 10.6 Å². The van der Waals surface area contributed by atoms with E-state index in [9.17, 15) is 0 Å². The maximum atomic E-state index is 2.71. The van der Waals surface area contributed by atoms with E-state index in [4.69, 9.17) is 0 Å². The number of fused-ring (bicyclic) bond motifs is 3. The molecule has 0 saturated heterocycles. The maximum absolute atomic E-state index is 2.71. The van der Waals surface area contributed by atoms with Crippen LogP contribution in [0.4, 0.5) is 0 Å². The molecule has 1 heteroatoms. The van der Waals surface area contributed by atoms with Gasteiger partial charge in [0.1, 0.15) is 0 Å². The van der Waals surface area contributed by atoms with Crippen molar-refractivity contribution in [3.05, 3.63) is 190 Å². The summed E-state index contributed by atoms with van der Waals surface area (Å²) < 4.78 is 2.71. The van der Waals surface area contributed by atoms with Crippen molar-refractivity contribution in [3.63, 3.8) is 0 Å². The van der Waals surface area contributed by atoms with Gasteiger partial charge in [-0.15, -0.1) is 0 Å². The van der Waals surface area contributed by atoms with Crippen LogP contribution in [-0.4, -0.2) is 4.57 Å². The molecule has 8 aromatic rings. The molecule has 57 heavy (non-hydrogen) atoms. The van der Waals surface area contributed by atoms with Gasteiger partial charge in [0.2, 0.25) is 0 Å². The van der Waals surface area contributed by atoms with Gasteiger partial charge in [-0.1, -0.05) is 173 Å². The van der Waals surface area contributed by atoms with Crippen LogP contribution in [0.15, 0.2) is 152 Å². The number of allylic oxidation sites excluding steroid dienone is 4. The smallest absolute Gasteiger partial charge is 0.0582 e. The second-order valence-electron chi connectivity index (χ2n) is 17.9. The third-order valence-electron chi connectivity index (χ3n) is 14.2. The Kier molecular flexibility index (Phi) is 6.76. The average molecular weight is 732 g/mol. The summed E-state index contributed by atoms with van der Waals surface area (Å²) in [7, 11) is 0. The van der Waals surface area contributed by atoms with Gasteiger partial charge in [-0.3, -0.25) is 0 Å². The molecule has 0 radical (unpaired) electrons. The van der Waals surface area contributed by atoms with E-state index in [0.29, 0.717) is 0 Å². The first-order valence-electron chi connectivity index (χ1n) is 20.9. The monoisotopic (exact) mass is 731 g/mol. The number of rotatable bonds is 4. The van der Waals surface area contributed by atoms with Crippen LogP contribution in [0.2, 0.25) is 0 Å². The number of benzene rings is 7. The van der Waals surface area contributed by atoms with Crippen molar-refractivity contribution in [1.29, 1.82) is 0 Å². The lowest BCUT2D eigenvalue weighted by Crippen LogP contribution is -2.46. The van der Waals surface area contributed by atoms with Crippen molar-refractivity contribution < 1.29 is 0 Å². The highest BCUT2D eigenvalue weighted by molar-refractivity contribution is 6.07. The molecule has 12 rings (SSSR count). The predicted molar refractivity (Wildman–Crippen MR) is 242 cm³/mol. The quantitative estimate of drug-likeness (QED) is 0.170. The summed E-state index contributed by atoms with van der Waals surface area (Å²) in [6.45, 7) is 9.92. The fourth-order valence-electron chi connectivity index (χ4n) is 11.4. The zero-order chi connectivity index (χ0) is 38.2. The van der Waals surface area contributed by atoms with Gasteiger partial charge in [-0.25, -0.2) is 0 Å². The molecule has 0 bridgehead atoms. The van der Waals surface area contributed by atoms with E-state index in [1.165, 1.54) is 104 Å². The molecular weight excluding hydrogens is 687 g/mol. The molecule has 2 aliphatic carbocycles. The van der Waals surface area contributed by atoms with Crippen molar-refractivity contribution in [1.82, 2.24) is 4.57 Å². The molecule has 1 nitrogen and oxygen atoms in total. The Labute approximate surface area is 334 Å². The maximum Gasteiger partial charge on any atom is 0.0582 e. The van der Waals surface area contributed by atoms with E-state index < -0.39 is 0 Å². The fraction of sp³-hybridized carbons (Fsp3) is 0.179. The van der Waals surface area contributed by atoms with Crippen molar-refractivity contribution in [2.75, 3.05) is 0 Å². The second-order valence-corrected chi connectivity index (χ2v) is 17.9. The number of nitrogens with zero attached hydrogens (tertiary/aromatic N) is 1. The molecule has 1 atom stereocenters. The van der Waals surface area contributed by atoms with E-state index in [1.807, 2.05) is 0 Å². The third-order valence-corrected chi connectivity index (χ3v) is 14.2. The Hall–Kier alpha value is -6.18. The van der Waals surface area contributed by atoms with Gasteiger partial charge in [0, 0.05) is 27.4 Å². The molecule has 2 aliphatic heterocycles. The minimum absolute atomic E-state index is 0.141. The molecule has 0 saturated carbocycles. The van der Waals surface area contributed by atoms with Gasteiger partial charge in [-0.05, 0) is 114 Å². The lowest BCUT2D eigenvalue weighted by molar-refractivity contribution is 0.587. The van der Waals surface area contributed by atoms with Crippen LogP contribution >= 0.6 is 0 Å². The highest BCUT2D eigenvalue weighted by Gasteiger charge is 2.44. The zero-order valence-corrected chi connectivity index (χ0v) is 33.2. The summed E-state index contributed by atoms with van der Waals surface area (Å²) >= 11 is 0. The van der Waals surface area contributed by atoms with Gasteiger partial charge >= 0.3 is 0 Å². The minimum Gasteiger partial charge on any atom is -0.308 e. The van der Waals surface area contributed by atoms with Crippen LogP contribution in [0.5, 0.6) is 0 Å². The molecule has 0 spiro atoms. The lowest BCUT2D eigenvalue weighted by atomic mass is 9.66. The normalized spacial score (nSPS) is 18.2. The topological polar surface area (TPSA) is 4.93 Å². The van der Waals surface area contributed by atoms with Crippen molar-refractivity contribution >= 4 is 49.7 Å². The van der Waals surface area contributed by atoms with E-state index in [-0.39, 0.29) is 16.7 Å². The van der Waals surface area contributed by atoms with E-state index in [2.05, 4.69) is 190 Å². The molecule has 0 N–H and O–H groups in total. The first-order valence-corrected chi connectivity index (χ1v) is 20.9. The van der Waals surface area contributed by atoms with Crippen molar-refractivity contribution in [2.45, 2.75) is 63.7 Å². The molecule has 7 aromatic carbocycles. The predicted octanol–water partition coefficient (Wildman–Crippen LogP) is 13.1. The number of hydrogen-bond donors (Lipinski definition) is 0. The van der Waals surface area contributed by atoms with Crippen LogP contribution in [0.3, 0.4) is 0 Å². The van der Waals surface area contributed by atoms with Gasteiger partial charge in [0.15, 0.2) is 0 Å². The Bertz CT molecular complexity index is 3250. The molecule has 1 aromatic heterocycles. The Morgan fingerprint density at radius 1 is 0.579 bits per heavy atom. The molecule has 0 amide bonds. The van der Waals surface area contributed by atoms with Gasteiger partial charge in [-0.2, -0.15) is 0 Å². The Morgan fingerprint density at radius 3 is 2.05 bits per heavy atom. The Balaban J connectivity index is 1.24. The largest absolute Gasteiger partial charge is 0.308 e. The SMILES string of the molecule is CC1(C)C2=c3c(c4cc(-c5c(-c6ccccc6)ccc6ccccc56)cc5c4n3-c3c1cccc3C5(C)C)=CC(c1c(C3=CCCC=C3)ccc3ccccc13)C2. The first-order chi connectivity index (χ1) is 27.8. The Morgan fingerprint density at radius 2 is 1.28 bits per heavy atom. The number of hydrogen-bond acceptors (Lipinski definition) is 0. The molecule has 1 unspecified atom stereocenters. The van der Waals surface area contributed by atoms with Crippen LogP contribution in [0, 0.1) is 0 Å². The first kappa shape index (κ1) is 33.0. The third kappa shape index (κ3) is 4.46. The van der Waals surface area contributed by atoms with Crippen LogP contribution in [-0.2, 0) is 10.8 Å². The molecular formula is C56H45N. The lowest BCUT2D eigenvalue weighted by Gasteiger charge is -2.43. The van der Waals surface area contributed by atoms with E-state index >= 15 is 0 Å². The van der Waals surface area contributed by atoms with Gasteiger partial charge in [0.25, 0.3) is 0 Å². The molecule has 3 heterocycles. The highest BCUT2D eigenvalue weighted by atomic mass is 15.0. The van der Waals surface area contributed by atoms with Gasteiger partial charge < -0.3 is 4.57 Å². The van der Waals surface area contributed by atoms with Crippen molar-refractivity contribution in [3.8, 4) is 27.9 Å². The summed E-state index contributed by atoms with van der Waals surface area (Å²) in [5, 5.41) is 9.45. The summed E-state index contributed by atoms with van der Waals surface area (Å²) in [5.74, 6) is 0.214. The molecule has 274 valence electrons. The summed E-state index contributed by atoms with van der Waals surface area (Å²) in [4.78, 5) is 0. The number of aromatic nitrogens is 1. The van der Waals surface area contributed by atoms with Crippen molar-refractivity contribution in [2.24, 2.45) is 0 Å². The minimum atomic E-state index is -0.205. The van der Waals surface area contributed by atoms with E-state index in [0.717, 1.165) is 19.3 Å². The number of para-hydroxylation sites is 1. The summed E-state index contributed by atoms with van der Waals surface area (Å²) in [6.07, 6.45) is 13.1. The zero-order valence-electron chi connectivity index (χ0n) is 33.2. The van der Waals surface area contributed by atoms with E-state index in [1.54, 1.807) is 5.57 Å². The van der Waals surface area contributed by atoms with Crippen LogP contribution in [0.25, 0.3) is 77.6 Å². The van der Waals surface area contributed by atoms with Crippen LogP contribution in [0.1, 0.15) is 80.7 Å². The molecule has 4 aliphatic rings. The average Bonchev–Trinajstić information content (AvgIpc) is 3.58. The summed E-state index contributed by atoms with van der Waals surface area (Å²) in [6, 6.07) is 50.7. The highest BCUT2D eigenvalue weighted by Crippen LogP contribution is 2.53. The standard InChI is InChI=1S/C56H45N/c1-55(2)46-24-15-25-47-54(46)57-52-44(30-38(32-48(52)55)50-40-22-13-11-20-36(40)26-28-42(50)34-16-7-5-8-17-34)45-31-39(33-49(53(45)57)56(47,3)4)51-41-23-14-12-21-37(41)27-29-43(51)35-18-9-6-10-19-35/h5,7-9,11-32,39H,6,10,33H2,1-4H3. The fourth-order valence-corrected chi connectivity index (χ4v) is 11.4. The molecule has 0 fully saturated rings. The van der Waals surface area contributed by atoms with Gasteiger partial charge in [0.05, 0.1) is 16.6 Å².